The third kappa shape index (κ3) is 3.41. The molecule has 0 amide bonds. The van der Waals surface area contributed by atoms with Crippen LogP contribution in [0.25, 0.3) is 11.5 Å². The Labute approximate surface area is 140 Å². The van der Waals surface area contributed by atoms with Crippen LogP contribution in [-0.2, 0) is 9.63 Å². The molecule has 122 valence electrons. The van der Waals surface area contributed by atoms with E-state index in [-0.39, 0.29) is 5.71 Å². The molecule has 3 aromatic rings. The molecule has 0 spiro atoms. The number of carboxylic acids is 1. The Morgan fingerprint density at radius 1 is 1.42 bits per heavy atom. The molecule has 0 radical (unpaired) electrons. The first-order chi connectivity index (χ1) is 11.7. The summed E-state index contributed by atoms with van der Waals surface area (Å²) in [5.74, 6) is -0.147. The number of aromatic nitrogens is 2. The van der Waals surface area contributed by atoms with E-state index >= 15 is 0 Å². The highest BCUT2D eigenvalue weighted by atomic mass is 32.1. The summed E-state index contributed by atoms with van der Waals surface area (Å²) >= 11 is 1.31. The van der Waals surface area contributed by atoms with Crippen molar-refractivity contribution >= 4 is 33.8 Å². The van der Waals surface area contributed by atoms with Crippen molar-refractivity contribution < 1.29 is 19.3 Å². The molecule has 0 saturated carbocycles. The lowest BCUT2D eigenvalue weighted by molar-refractivity contribution is -0.129. The molecule has 0 saturated heterocycles. The quantitative estimate of drug-likeness (QED) is 0.522. The topological polar surface area (TPSA) is 110 Å². The van der Waals surface area contributed by atoms with E-state index in [4.69, 9.17) is 9.63 Å². The second kappa shape index (κ2) is 6.92. The average molecular weight is 344 g/mol. The minimum Gasteiger partial charge on any atom is -0.476 e. The third-order valence-corrected chi connectivity index (χ3v) is 3.78. The maximum atomic E-state index is 11.2. The van der Waals surface area contributed by atoms with Crippen molar-refractivity contribution in [3.8, 4) is 11.5 Å². The fraction of sp³-hybridized carbons (Fsp3) is 0.0667. The van der Waals surface area contributed by atoms with Crippen LogP contribution in [0, 0.1) is 0 Å². The normalized spacial score (nSPS) is 11.3. The monoisotopic (exact) mass is 344 g/mol. The summed E-state index contributed by atoms with van der Waals surface area (Å²) < 4.78 is 5.25. The Balaban J connectivity index is 1.77. The zero-order valence-corrected chi connectivity index (χ0v) is 13.3. The van der Waals surface area contributed by atoms with Gasteiger partial charge in [0.25, 0.3) is 0 Å². The smallest absolute Gasteiger partial charge is 0.358 e. The molecule has 0 unspecified atom stereocenters. The van der Waals surface area contributed by atoms with Crippen LogP contribution in [0.15, 0.2) is 51.6 Å². The van der Waals surface area contributed by atoms with E-state index in [1.165, 1.54) is 18.4 Å². The van der Waals surface area contributed by atoms with E-state index < -0.39 is 5.97 Å². The van der Waals surface area contributed by atoms with Gasteiger partial charge in [-0.2, -0.15) is 0 Å². The van der Waals surface area contributed by atoms with Crippen LogP contribution in [-0.4, -0.2) is 34.0 Å². The molecule has 2 N–H and O–H groups in total. The molecule has 0 aliphatic rings. The van der Waals surface area contributed by atoms with Crippen molar-refractivity contribution in [1.29, 1.82) is 0 Å². The molecule has 8 nitrogen and oxygen atoms in total. The molecule has 3 heterocycles. The van der Waals surface area contributed by atoms with Crippen molar-refractivity contribution in [3.63, 3.8) is 0 Å². The van der Waals surface area contributed by atoms with Gasteiger partial charge in [0, 0.05) is 23.2 Å². The zero-order chi connectivity index (χ0) is 16.9. The van der Waals surface area contributed by atoms with Crippen LogP contribution in [0.2, 0.25) is 0 Å². The molecular formula is C15H12N4O4S. The summed E-state index contributed by atoms with van der Waals surface area (Å²) in [5.41, 5.74) is 0.937. The van der Waals surface area contributed by atoms with E-state index in [1.807, 2.05) is 18.2 Å². The highest BCUT2D eigenvalue weighted by Gasteiger charge is 2.16. The number of oxime groups is 1. The maximum absolute atomic E-state index is 11.2. The van der Waals surface area contributed by atoms with Gasteiger partial charge in [-0.1, -0.05) is 16.4 Å². The van der Waals surface area contributed by atoms with Crippen LogP contribution in [0.1, 0.15) is 5.56 Å². The molecule has 0 bridgehead atoms. The summed E-state index contributed by atoms with van der Waals surface area (Å²) in [6, 6.07) is 8.84. The van der Waals surface area contributed by atoms with Crippen LogP contribution >= 0.6 is 11.3 Å². The first kappa shape index (κ1) is 15.7. The molecule has 3 aromatic heterocycles. The number of thiophene rings is 1. The number of carbonyl (C=O) groups is 1. The van der Waals surface area contributed by atoms with Gasteiger partial charge in [0.1, 0.15) is 12.8 Å². The van der Waals surface area contributed by atoms with Crippen molar-refractivity contribution in [1.82, 2.24) is 10.1 Å². The minimum absolute atomic E-state index is 0.170. The summed E-state index contributed by atoms with van der Waals surface area (Å²) in [6.07, 6.45) is 1.67. The first-order valence-corrected chi connectivity index (χ1v) is 7.64. The largest absolute Gasteiger partial charge is 0.476 e. The van der Waals surface area contributed by atoms with Gasteiger partial charge in [0.05, 0.1) is 5.00 Å². The fourth-order valence-corrected chi connectivity index (χ4v) is 2.71. The lowest BCUT2D eigenvalue weighted by Crippen LogP contribution is -2.13. The van der Waals surface area contributed by atoms with Gasteiger partial charge in [0.15, 0.2) is 17.3 Å². The number of rotatable bonds is 6. The molecular weight excluding hydrogens is 332 g/mol. The number of anilines is 2. The van der Waals surface area contributed by atoms with E-state index in [9.17, 15) is 4.79 Å². The van der Waals surface area contributed by atoms with E-state index in [1.54, 1.807) is 23.7 Å². The van der Waals surface area contributed by atoms with Gasteiger partial charge in [-0.15, -0.1) is 11.3 Å². The second-order valence-corrected chi connectivity index (χ2v) is 5.45. The lowest BCUT2D eigenvalue weighted by atomic mass is 10.2. The third-order valence-electron chi connectivity index (χ3n) is 2.94. The Hall–Kier alpha value is -3.20. The van der Waals surface area contributed by atoms with Crippen molar-refractivity contribution in [2.75, 3.05) is 12.4 Å². The molecule has 0 aliphatic carbocycles. The molecule has 0 fully saturated rings. The summed E-state index contributed by atoms with van der Waals surface area (Å²) in [5, 5.41) is 22.0. The van der Waals surface area contributed by atoms with E-state index in [0.29, 0.717) is 27.8 Å². The van der Waals surface area contributed by atoms with Crippen molar-refractivity contribution in [2.45, 2.75) is 0 Å². The maximum Gasteiger partial charge on any atom is 0.358 e. The van der Waals surface area contributed by atoms with Gasteiger partial charge in [-0.25, -0.2) is 4.79 Å². The number of hydrogen-bond acceptors (Lipinski definition) is 8. The van der Waals surface area contributed by atoms with Gasteiger partial charge in [-0.05, 0) is 18.2 Å². The van der Waals surface area contributed by atoms with Crippen molar-refractivity contribution in [3.05, 3.63) is 47.5 Å². The van der Waals surface area contributed by atoms with Gasteiger partial charge in [-0.3, -0.25) is 4.98 Å². The summed E-state index contributed by atoms with van der Waals surface area (Å²) in [4.78, 5) is 19.9. The highest BCUT2D eigenvalue weighted by Crippen LogP contribution is 2.27. The summed E-state index contributed by atoms with van der Waals surface area (Å²) in [6.45, 7) is 0. The predicted octanol–water partition coefficient (Wildman–Crippen LogP) is 2.98. The Kier molecular flexibility index (Phi) is 4.52. The first-order valence-electron chi connectivity index (χ1n) is 6.76. The van der Waals surface area contributed by atoms with Crippen LogP contribution in [0.3, 0.4) is 0 Å². The van der Waals surface area contributed by atoms with E-state index in [0.717, 1.165) is 0 Å². The van der Waals surface area contributed by atoms with Crippen LogP contribution < -0.4 is 5.32 Å². The average Bonchev–Trinajstić information content (AvgIpc) is 3.23. The molecule has 0 atom stereocenters. The fourth-order valence-electron chi connectivity index (χ4n) is 1.92. The van der Waals surface area contributed by atoms with Crippen LogP contribution in [0.5, 0.6) is 0 Å². The highest BCUT2D eigenvalue weighted by molar-refractivity contribution is 7.14. The molecule has 0 aliphatic heterocycles. The lowest BCUT2D eigenvalue weighted by Gasteiger charge is -1.97. The predicted molar refractivity (Wildman–Crippen MR) is 88.5 cm³/mol. The van der Waals surface area contributed by atoms with Gasteiger partial charge in [0.2, 0.25) is 0 Å². The number of carboxylic acid groups (broad SMARTS) is 1. The number of pyridine rings is 1. The van der Waals surface area contributed by atoms with Gasteiger partial charge >= 0.3 is 5.97 Å². The molecule has 24 heavy (non-hydrogen) atoms. The summed E-state index contributed by atoms with van der Waals surface area (Å²) in [7, 11) is 1.29. The zero-order valence-electron chi connectivity index (χ0n) is 12.5. The SMILES string of the molecule is CO/N=C(/C(=O)O)c1csc(Nc2cc(-c3ccccn3)on2)c1. The Morgan fingerprint density at radius 3 is 3.00 bits per heavy atom. The van der Waals surface area contributed by atoms with Gasteiger partial charge < -0.3 is 19.8 Å². The molecule has 0 aromatic carbocycles. The Bertz CT molecular complexity index is 872. The minimum atomic E-state index is -1.17. The van der Waals surface area contributed by atoms with E-state index in [2.05, 4.69) is 25.5 Å². The van der Waals surface area contributed by atoms with Crippen LogP contribution in [0.4, 0.5) is 10.8 Å². The number of nitrogens with zero attached hydrogens (tertiary/aromatic N) is 3. The molecule has 9 heteroatoms. The standard InChI is InChI=1S/C15H12N4O4S/c1-22-19-14(15(20)21)9-6-13(24-8-9)17-12-7-11(23-18-12)10-4-2-3-5-16-10/h2-8H,1H3,(H,17,18)(H,20,21)/b19-14+. The number of aliphatic carboxylic acids is 1. The molecule has 3 rings (SSSR count). The Morgan fingerprint density at radius 2 is 2.29 bits per heavy atom. The van der Waals surface area contributed by atoms with Crippen molar-refractivity contribution in [2.24, 2.45) is 5.16 Å². The number of hydrogen-bond donors (Lipinski definition) is 2. The second-order valence-electron chi connectivity index (χ2n) is 4.54. The number of nitrogens with one attached hydrogen (secondary N) is 1.